The van der Waals surface area contributed by atoms with Gasteiger partial charge in [0, 0.05) is 17.7 Å². The second-order valence-corrected chi connectivity index (χ2v) is 4.77. The average molecular weight is 318 g/mol. The molecule has 2 aromatic rings. The lowest BCUT2D eigenvalue weighted by Gasteiger charge is -2.14. The van der Waals surface area contributed by atoms with E-state index >= 15 is 0 Å². The fourth-order valence-corrected chi connectivity index (χ4v) is 2.13. The summed E-state index contributed by atoms with van der Waals surface area (Å²) in [6.07, 6.45) is 0. The molecule has 0 bridgehead atoms. The molecule has 2 rings (SSSR count). The van der Waals surface area contributed by atoms with Crippen molar-refractivity contribution in [2.75, 3.05) is 21.3 Å². The van der Waals surface area contributed by atoms with Crippen LogP contribution < -0.4 is 15.0 Å². The van der Waals surface area contributed by atoms with E-state index in [1.807, 2.05) is 0 Å². The molecule has 1 heterocycles. The predicted octanol–water partition coefficient (Wildman–Crippen LogP) is 1.66. The molecular formula is C16H18N2O5. The standard InChI is InChI=1S/C16H18N2O5/c1-10(16(20)23-4)18-15(19)8-7-13(17-18)12-6-5-11(21-2)9-14(12)22-3/h5-10H,1-4H3. The van der Waals surface area contributed by atoms with E-state index in [-0.39, 0.29) is 5.56 Å². The van der Waals surface area contributed by atoms with E-state index in [1.165, 1.54) is 20.3 Å². The Morgan fingerprint density at radius 3 is 2.48 bits per heavy atom. The van der Waals surface area contributed by atoms with Gasteiger partial charge in [-0.3, -0.25) is 4.79 Å². The van der Waals surface area contributed by atoms with Gasteiger partial charge < -0.3 is 14.2 Å². The van der Waals surface area contributed by atoms with Gasteiger partial charge in [-0.05, 0) is 25.1 Å². The Bertz CT molecular complexity index is 769. The number of hydrogen-bond donors (Lipinski definition) is 0. The van der Waals surface area contributed by atoms with E-state index in [2.05, 4.69) is 9.84 Å². The molecule has 0 fully saturated rings. The van der Waals surface area contributed by atoms with Gasteiger partial charge in [0.15, 0.2) is 6.04 Å². The van der Waals surface area contributed by atoms with Crippen LogP contribution in [0.5, 0.6) is 11.5 Å². The van der Waals surface area contributed by atoms with Crippen LogP contribution in [0.1, 0.15) is 13.0 Å². The van der Waals surface area contributed by atoms with Crippen LogP contribution >= 0.6 is 0 Å². The maximum atomic E-state index is 12.0. The van der Waals surface area contributed by atoms with E-state index < -0.39 is 12.0 Å². The summed E-state index contributed by atoms with van der Waals surface area (Å²) < 4.78 is 16.3. The Kier molecular flexibility index (Phi) is 5.00. The second-order valence-electron chi connectivity index (χ2n) is 4.77. The molecule has 7 nitrogen and oxygen atoms in total. The van der Waals surface area contributed by atoms with E-state index in [1.54, 1.807) is 38.3 Å². The third-order valence-electron chi connectivity index (χ3n) is 3.42. The van der Waals surface area contributed by atoms with Gasteiger partial charge in [0.25, 0.3) is 5.56 Å². The van der Waals surface area contributed by atoms with Crippen molar-refractivity contribution < 1.29 is 19.0 Å². The molecule has 1 atom stereocenters. The highest BCUT2D eigenvalue weighted by molar-refractivity contribution is 5.73. The van der Waals surface area contributed by atoms with E-state index in [0.717, 1.165) is 4.68 Å². The highest BCUT2D eigenvalue weighted by atomic mass is 16.5. The van der Waals surface area contributed by atoms with Crippen LogP contribution in [0.4, 0.5) is 0 Å². The van der Waals surface area contributed by atoms with Gasteiger partial charge in [-0.2, -0.15) is 5.10 Å². The molecule has 0 saturated carbocycles. The third-order valence-corrected chi connectivity index (χ3v) is 3.42. The highest BCUT2D eigenvalue weighted by Gasteiger charge is 2.19. The first-order chi connectivity index (χ1) is 11.0. The van der Waals surface area contributed by atoms with E-state index in [0.29, 0.717) is 22.8 Å². The molecular weight excluding hydrogens is 300 g/mol. The van der Waals surface area contributed by atoms with Crippen LogP contribution in [0.15, 0.2) is 35.1 Å². The van der Waals surface area contributed by atoms with Gasteiger partial charge in [0.2, 0.25) is 0 Å². The number of benzene rings is 1. The smallest absolute Gasteiger partial charge is 0.330 e. The van der Waals surface area contributed by atoms with Gasteiger partial charge in [0.05, 0.1) is 27.0 Å². The monoisotopic (exact) mass is 318 g/mol. The van der Waals surface area contributed by atoms with Crippen molar-refractivity contribution in [1.82, 2.24) is 9.78 Å². The number of aromatic nitrogens is 2. The Labute approximate surface area is 133 Å². The number of carbonyl (C=O) groups is 1. The summed E-state index contributed by atoms with van der Waals surface area (Å²) in [6.45, 7) is 1.55. The molecule has 1 unspecified atom stereocenters. The summed E-state index contributed by atoms with van der Waals surface area (Å²) in [6, 6.07) is 7.36. The molecule has 0 spiro atoms. The Hall–Kier alpha value is -2.83. The van der Waals surface area contributed by atoms with Crippen molar-refractivity contribution >= 4 is 5.97 Å². The van der Waals surface area contributed by atoms with Crippen molar-refractivity contribution in [2.45, 2.75) is 13.0 Å². The van der Waals surface area contributed by atoms with Crippen LogP contribution in [0, 0.1) is 0 Å². The number of nitrogens with zero attached hydrogens (tertiary/aromatic N) is 2. The zero-order chi connectivity index (χ0) is 17.0. The molecule has 0 N–H and O–H groups in total. The molecule has 1 aromatic heterocycles. The molecule has 0 saturated heterocycles. The van der Waals surface area contributed by atoms with Gasteiger partial charge >= 0.3 is 5.97 Å². The number of hydrogen-bond acceptors (Lipinski definition) is 6. The predicted molar refractivity (Wildman–Crippen MR) is 83.8 cm³/mol. The minimum atomic E-state index is -0.823. The van der Waals surface area contributed by atoms with Gasteiger partial charge in [-0.25, -0.2) is 9.48 Å². The molecule has 0 aliphatic rings. The lowest BCUT2D eigenvalue weighted by Crippen LogP contribution is -2.30. The highest BCUT2D eigenvalue weighted by Crippen LogP contribution is 2.31. The van der Waals surface area contributed by atoms with Gasteiger partial charge in [0.1, 0.15) is 11.5 Å². The maximum absolute atomic E-state index is 12.0. The fourth-order valence-electron chi connectivity index (χ4n) is 2.13. The summed E-state index contributed by atoms with van der Waals surface area (Å²) in [5.74, 6) is 0.646. The van der Waals surface area contributed by atoms with Crippen LogP contribution in [0.25, 0.3) is 11.3 Å². The van der Waals surface area contributed by atoms with Gasteiger partial charge in [-0.15, -0.1) is 0 Å². The van der Waals surface area contributed by atoms with Gasteiger partial charge in [-0.1, -0.05) is 0 Å². The summed E-state index contributed by atoms with van der Waals surface area (Å²) in [5.41, 5.74) is 0.790. The summed E-state index contributed by atoms with van der Waals surface area (Å²) in [4.78, 5) is 23.6. The number of esters is 1. The Balaban J connectivity index is 2.53. The van der Waals surface area contributed by atoms with Crippen molar-refractivity contribution in [2.24, 2.45) is 0 Å². The van der Waals surface area contributed by atoms with Crippen LogP contribution in [-0.4, -0.2) is 37.1 Å². The Morgan fingerprint density at radius 2 is 1.87 bits per heavy atom. The summed E-state index contributed by atoms with van der Waals surface area (Å²) in [7, 11) is 4.36. The minimum absolute atomic E-state index is 0.390. The van der Waals surface area contributed by atoms with Crippen molar-refractivity contribution in [3.63, 3.8) is 0 Å². The zero-order valence-corrected chi connectivity index (χ0v) is 13.4. The van der Waals surface area contributed by atoms with Crippen LogP contribution in [0.2, 0.25) is 0 Å². The maximum Gasteiger partial charge on any atom is 0.330 e. The summed E-state index contributed by atoms with van der Waals surface area (Å²) in [5, 5.41) is 4.26. The SMILES string of the molecule is COC(=O)C(C)n1nc(-c2ccc(OC)cc2OC)ccc1=O. The average Bonchev–Trinajstić information content (AvgIpc) is 2.60. The molecule has 1 aromatic carbocycles. The van der Waals surface area contributed by atoms with Crippen molar-refractivity contribution in [3.05, 3.63) is 40.7 Å². The number of carbonyl (C=O) groups excluding carboxylic acids is 1. The van der Waals surface area contributed by atoms with Crippen molar-refractivity contribution in [3.8, 4) is 22.8 Å². The molecule has 0 aliphatic heterocycles. The number of rotatable bonds is 5. The minimum Gasteiger partial charge on any atom is -0.497 e. The molecule has 23 heavy (non-hydrogen) atoms. The van der Waals surface area contributed by atoms with E-state index in [9.17, 15) is 9.59 Å². The molecule has 122 valence electrons. The molecule has 0 amide bonds. The molecule has 0 radical (unpaired) electrons. The largest absolute Gasteiger partial charge is 0.497 e. The Morgan fingerprint density at radius 1 is 1.13 bits per heavy atom. The first-order valence-electron chi connectivity index (χ1n) is 6.92. The first kappa shape index (κ1) is 16.5. The second kappa shape index (κ2) is 6.95. The topological polar surface area (TPSA) is 79.7 Å². The lowest BCUT2D eigenvalue weighted by molar-refractivity contribution is -0.144. The number of ether oxygens (including phenoxy) is 3. The normalized spacial score (nSPS) is 11.7. The lowest BCUT2D eigenvalue weighted by atomic mass is 10.1. The molecule has 7 heteroatoms. The van der Waals surface area contributed by atoms with Crippen LogP contribution in [0.3, 0.4) is 0 Å². The first-order valence-corrected chi connectivity index (χ1v) is 6.92. The van der Waals surface area contributed by atoms with E-state index in [4.69, 9.17) is 9.47 Å². The van der Waals surface area contributed by atoms with Crippen LogP contribution in [-0.2, 0) is 9.53 Å². The fraction of sp³-hybridized carbons (Fsp3) is 0.312. The zero-order valence-electron chi connectivity index (χ0n) is 13.4. The van der Waals surface area contributed by atoms with Crippen molar-refractivity contribution in [1.29, 1.82) is 0 Å². The quantitative estimate of drug-likeness (QED) is 0.780. The third kappa shape index (κ3) is 3.33. The summed E-state index contributed by atoms with van der Waals surface area (Å²) >= 11 is 0. The molecule has 0 aliphatic carbocycles. The number of methoxy groups -OCH3 is 3.